The number of aromatic amines is 1. The van der Waals surface area contributed by atoms with Crippen LogP contribution < -0.4 is 5.32 Å². The first-order chi connectivity index (χ1) is 8.46. The predicted molar refractivity (Wildman–Crippen MR) is 69.0 cm³/mol. The third-order valence-electron chi connectivity index (χ3n) is 2.27. The van der Waals surface area contributed by atoms with E-state index >= 15 is 0 Å². The molecular weight excluding hydrogens is 228 g/mol. The van der Waals surface area contributed by atoms with E-state index in [1.165, 1.54) is 0 Å². The van der Waals surface area contributed by atoms with Crippen molar-refractivity contribution in [2.45, 2.75) is 26.3 Å². The molecule has 0 saturated carbocycles. The quantitative estimate of drug-likeness (QED) is 0.848. The highest BCUT2D eigenvalue weighted by molar-refractivity contribution is 5.93. The molecule has 2 aromatic heterocycles. The number of carbonyl (C=O) groups is 1. The number of nitrogens with one attached hydrogen (secondary N) is 2. The first-order valence-electron chi connectivity index (χ1n) is 5.74. The molecule has 0 atom stereocenters. The van der Waals surface area contributed by atoms with Crippen LogP contribution in [0.4, 0.5) is 0 Å². The molecule has 0 aliphatic heterocycles. The summed E-state index contributed by atoms with van der Waals surface area (Å²) in [5, 5.41) is 9.72. The number of hydrogen-bond acceptors (Lipinski definition) is 3. The first kappa shape index (κ1) is 12.3. The van der Waals surface area contributed by atoms with Gasteiger partial charge in [-0.15, -0.1) is 0 Å². The molecule has 18 heavy (non-hydrogen) atoms. The third kappa shape index (κ3) is 2.94. The van der Waals surface area contributed by atoms with E-state index in [1.807, 2.05) is 32.9 Å². The lowest BCUT2D eigenvalue weighted by Gasteiger charge is -2.19. The molecule has 2 rings (SSSR count). The van der Waals surface area contributed by atoms with Crippen molar-refractivity contribution in [1.82, 2.24) is 20.5 Å². The summed E-state index contributed by atoms with van der Waals surface area (Å²) in [5.74, 6) is -0.162. The zero-order valence-corrected chi connectivity index (χ0v) is 10.7. The van der Waals surface area contributed by atoms with Gasteiger partial charge in [0.25, 0.3) is 5.91 Å². The summed E-state index contributed by atoms with van der Waals surface area (Å²) in [6.45, 7) is 5.80. The van der Waals surface area contributed by atoms with Crippen molar-refractivity contribution in [3.63, 3.8) is 0 Å². The zero-order chi connectivity index (χ0) is 13.2. The van der Waals surface area contributed by atoms with Crippen molar-refractivity contribution < 1.29 is 4.79 Å². The van der Waals surface area contributed by atoms with Gasteiger partial charge < -0.3 is 5.32 Å². The molecular formula is C13H16N4O. The number of hydrogen-bond donors (Lipinski definition) is 2. The largest absolute Gasteiger partial charge is 0.346 e. The van der Waals surface area contributed by atoms with E-state index in [9.17, 15) is 4.79 Å². The van der Waals surface area contributed by atoms with Crippen molar-refractivity contribution in [3.8, 4) is 11.3 Å². The molecule has 0 bridgehead atoms. The SMILES string of the molecule is CC(C)(C)NC(=O)c1cc(-c2cccnc2)n[nH]1. The number of carbonyl (C=O) groups excluding carboxylic acids is 1. The number of aromatic nitrogens is 3. The van der Waals surface area contributed by atoms with Crippen LogP contribution in [0.25, 0.3) is 11.3 Å². The van der Waals surface area contributed by atoms with Gasteiger partial charge in [0.1, 0.15) is 5.69 Å². The lowest BCUT2D eigenvalue weighted by atomic mass is 10.1. The average Bonchev–Trinajstić information content (AvgIpc) is 2.77. The molecule has 0 aromatic carbocycles. The van der Waals surface area contributed by atoms with Crippen LogP contribution in [-0.2, 0) is 0 Å². The van der Waals surface area contributed by atoms with Gasteiger partial charge in [0.2, 0.25) is 0 Å². The molecule has 5 nitrogen and oxygen atoms in total. The van der Waals surface area contributed by atoms with Gasteiger partial charge in [-0.25, -0.2) is 0 Å². The highest BCUT2D eigenvalue weighted by atomic mass is 16.2. The van der Waals surface area contributed by atoms with E-state index in [2.05, 4.69) is 20.5 Å². The van der Waals surface area contributed by atoms with Crippen molar-refractivity contribution in [1.29, 1.82) is 0 Å². The fourth-order valence-electron chi connectivity index (χ4n) is 1.51. The Labute approximate surface area is 106 Å². The minimum atomic E-state index is -0.267. The lowest BCUT2D eigenvalue weighted by molar-refractivity contribution is 0.0914. The van der Waals surface area contributed by atoms with E-state index in [0.717, 1.165) is 5.56 Å². The second-order valence-electron chi connectivity index (χ2n) is 5.11. The second-order valence-corrected chi connectivity index (χ2v) is 5.11. The Morgan fingerprint density at radius 3 is 2.78 bits per heavy atom. The van der Waals surface area contributed by atoms with E-state index < -0.39 is 0 Å². The molecule has 2 aromatic rings. The Bertz CT molecular complexity index is 540. The molecule has 2 N–H and O–H groups in total. The number of pyridine rings is 1. The summed E-state index contributed by atoms with van der Waals surface area (Å²) in [6, 6.07) is 5.45. The van der Waals surface area contributed by atoms with Crippen LogP contribution >= 0.6 is 0 Å². The van der Waals surface area contributed by atoms with Crippen molar-refractivity contribution in [3.05, 3.63) is 36.3 Å². The Morgan fingerprint density at radius 2 is 2.17 bits per heavy atom. The highest BCUT2D eigenvalue weighted by Crippen LogP contribution is 2.16. The van der Waals surface area contributed by atoms with E-state index in [4.69, 9.17) is 0 Å². The van der Waals surface area contributed by atoms with Crippen LogP contribution in [0.3, 0.4) is 0 Å². The normalized spacial score (nSPS) is 11.3. The summed E-state index contributed by atoms with van der Waals surface area (Å²) in [4.78, 5) is 15.9. The van der Waals surface area contributed by atoms with Crippen molar-refractivity contribution in [2.75, 3.05) is 0 Å². The lowest BCUT2D eigenvalue weighted by Crippen LogP contribution is -2.40. The molecule has 2 heterocycles. The maximum Gasteiger partial charge on any atom is 0.269 e. The van der Waals surface area contributed by atoms with Crippen LogP contribution in [0.2, 0.25) is 0 Å². The molecule has 0 fully saturated rings. The van der Waals surface area contributed by atoms with Crippen LogP contribution in [-0.4, -0.2) is 26.6 Å². The minimum Gasteiger partial charge on any atom is -0.346 e. The molecule has 0 aliphatic rings. The molecule has 0 radical (unpaired) electrons. The van der Waals surface area contributed by atoms with Crippen molar-refractivity contribution >= 4 is 5.91 Å². The fourth-order valence-corrected chi connectivity index (χ4v) is 1.51. The van der Waals surface area contributed by atoms with Gasteiger partial charge >= 0.3 is 0 Å². The first-order valence-corrected chi connectivity index (χ1v) is 5.74. The molecule has 1 amide bonds. The van der Waals surface area contributed by atoms with Gasteiger partial charge in [0.15, 0.2) is 0 Å². The molecule has 94 valence electrons. The number of rotatable bonds is 2. The Hall–Kier alpha value is -2.17. The van der Waals surface area contributed by atoms with E-state index in [0.29, 0.717) is 11.4 Å². The smallest absolute Gasteiger partial charge is 0.269 e. The maximum absolute atomic E-state index is 11.9. The van der Waals surface area contributed by atoms with Crippen LogP contribution in [0.15, 0.2) is 30.6 Å². The fraction of sp³-hybridized carbons (Fsp3) is 0.308. The minimum absolute atomic E-state index is 0.162. The Balaban J connectivity index is 2.19. The van der Waals surface area contributed by atoms with Gasteiger partial charge in [-0.1, -0.05) is 0 Å². The summed E-state index contributed by atoms with van der Waals surface area (Å²) in [7, 11) is 0. The molecule has 0 saturated heterocycles. The van der Waals surface area contributed by atoms with Crippen LogP contribution in [0.1, 0.15) is 31.3 Å². The molecule has 5 heteroatoms. The molecule has 0 unspecified atom stereocenters. The summed E-state index contributed by atoms with van der Waals surface area (Å²) in [6.07, 6.45) is 3.41. The number of amides is 1. The van der Waals surface area contributed by atoms with Crippen molar-refractivity contribution in [2.24, 2.45) is 0 Å². The average molecular weight is 244 g/mol. The maximum atomic E-state index is 11.9. The Kier molecular flexibility index (Phi) is 3.14. The zero-order valence-electron chi connectivity index (χ0n) is 10.7. The number of nitrogens with zero attached hydrogens (tertiary/aromatic N) is 2. The van der Waals surface area contributed by atoms with Gasteiger partial charge in [0, 0.05) is 23.5 Å². The Morgan fingerprint density at radius 1 is 1.39 bits per heavy atom. The summed E-state index contributed by atoms with van der Waals surface area (Å²) in [5.41, 5.74) is 1.77. The van der Waals surface area contributed by atoms with Gasteiger partial charge in [-0.3, -0.25) is 14.9 Å². The van der Waals surface area contributed by atoms with E-state index in [1.54, 1.807) is 18.5 Å². The monoisotopic (exact) mass is 244 g/mol. The van der Waals surface area contributed by atoms with Crippen LogP contribution in [0, 0.1) is 0 Å². The third-order valence-corrected chi connectivity index (χ3v) is 2.27. The van der Waals surface area contributed by atoms with E-state index in [-0.39, 0.29) is 11.4 Å². The summed E-state index contributed by atoms with van der Waals surface area (Å²) < 4.78 is 0. The van der Waals surface area contributed by atoms with Gasteiger partial charge in [0.05, 0.1) is 5.69 Å². The molecule has 0 spiro atoms. The highest BCUT2D eigenvalue weighted by Gasteiger charge is 2.17. The topological polar surface area (TPSA) is 70.7 Å². The summed E-state index contributed by atoms with van der Waals surface area (Å²) >= 11 is 0. The predicted octanol–water partition coefficient (Wildman–Crippen LogP) is 2.00. The number of H-pyrrole nitrogens is 1. The van der Waals surface area contributed by atoms with Crippen LogP contribution in [0.5, 0.6) is 0 Å². The van der Waals surface area contributed by atoms with Gasteiger partial charge in [-0.2, -0.15) is 5.10 Å². The molecule has 0 aliphatic carbocycles. The second kappa shape index (κ2) is 4.60. The standard InChI is InChI=1S/C13H16N4O/c1-13(2,3)15-12(18)11-7-10(16-17-11)9-5-4-6-14-8-9/h4-8H,1-3H3,(H,15,18)(H,16,17). The van der Waals surface area contributed by atoms with Gasteiger partial charge in [-0.05, 0) is 39.0 Å².